The molecule has 1 aromatic heterocycles. The van der Waals surface area contributed by atoms with Crippen LogP contribution in [0.5, 0.6) is 0 Å². The van der Waals surface area contributed by atoms with Crippen LogP contribution in [0.1, 0.15) is 23.2 Å². The Hall–Kier alpha value is -1.10. The highest BCUT2D eigenvalue weighted by Gasteiger charge is 2.18. The van der Waals surface area contributed by atoms with Crippen LogP contribution >= 0.6 is 23.7 Å². The van der Waals surface area contributed by atoms with Crippen molar-refractivity contribution in [2.45, 2.75) is 18.9 Å². The largest absolute Gasteiger partial charge is 0.348 e. The maximum absolute atomic E-state index is 12.3. The van der Waals surface area contributed by atoms with Crippen LogP contribution in [-0.4, -0.2) is 25.0 Å². The normalized spacial score (nSPS) is 18.8. The Labute approximate surface area is 122 Å². The molecule has 2 heterocycles. The van der Waals surface area contributed by atoms with Crippen molar-refractivity contribution in [1.82, 2.24) is 10.6 Å². The van der Waals surface area contributed by atoms with Crippen LogP contribution in [0.3, 0.4) is 0 Å². The summed E-state index contributed by atoms with van der Waals surface area (Å²) >= 11 is 1.63. The Bertz CT molecular complexity index is 563. The molecule has 19 heavy (non-hydrogen) atoms. The van der Waals surface area contributed by atoms with Crippen molar-refractivity contribution >= 4 is 39.7 Å². The molecular weight excluding hydrogens is 280 g/mol. The van der Waals surface area contributed by atoms with Crippen molar-refractivity contribution in [2.24, 2.45) is 0 Å². The number of nitrogens with one attached hydrogen (secondary N) is 2. The summed E-state index contributed by atoms with van der Waals surface area (Å²) in [6, 6.07) is 8.32. The van der Waals surface area contributed by atoms with Crippen molar-refractivity contribution in [2.75, 3.05) is 13.1 Å². The second kappa shape index (κ2) is 6.37. The predicted molar refractivity (Wildman–Crippen MR) is 82.4 cm³/mol. The van der Waals surface area contributed by atoms with Gasteiger partial charge in [0, 0.05) is 28.1 Å². The summed E-state index contributed by atoms with van der Waals surface area (Å²) in [4.78, 5) is 12.3. The number of piperidine rings is 1. The van der Waals surface area contributed by atoms with Gasteiger partial charge in [-0.2, -0.15) is 0 Å². The highest BCUT2D eigenvalue weighted by atomic mass is 35.5. The molecule has 0 radical (unpaired) electrons. The fourth-order valence-corrected chi connectivity index (χ4v) is 3.33. The van der Waals surface area contributed by atoms with Gasteiger partial charge in [-0.05, 0) is 25.5 Å². The monoisotopic (exact) mass is 296 g/mol. The SMILES string of the molecule is Cl.O=C(NC1CCCNC1)c1csc2ccccc12. The van der Waals surface area contributed by atoms with Crippen molar-refractivity contribution in [1.29, 1.82) is 0 Å². The lowest BCUT2D eigenvalue weighted by molar-refractivity contribution is 0.0933. The van der Waals surface area contributed by atoms with Gasteiger partial charge in [0.25, 0.3) is 5.91 Å². The standard InChI is InChI=1S/C14H16N2OS.ClH/c17-14(16-10-4-3-7-15-8-10)12-9-18-13-6-2-1-5-11(12)13;/h1-2,5-6,9-10,15H,3-4,7-8H2,(H,16,17);1H. The van der Waals surface area contributed by atoms with E-state index in [1.165, 1.54) is 4.70 Å². The third-order valence-corrected chi connectivity index (χ3v) is 4.32. The molecular formula is C14H17ClN2OS. The van der Waals surface area contributed by atoms with E-state index in [1.807, 2.05) is 23.6 Å². The number of benzene rings is 1. The summed E-state index contributed by atoms with van der Waals surface area (Å²) in [5.74, 6) is 0.0566. The average Bonchev–Trinajstić information content (AvgIpc) is 2.84. The summed E-state index contributed by atoms with van der Waals surface area (Å²) in [6.07, 6.45) is 2.20. The lowest BCUT2D eigenvalue weighted by atomic mass is 10.1. The van der Waals surface area contributed by atoms with Gasteiger partial charge in [0.1, 0.15) is 0 Å². The van der Waals surface area contributed by atoms with E-state index in [0.717, 1.165) is 36.9 Å². The first-order valence-electron chi connectivity index (χ1n) is 6.32. The Kier molecular flexibility index (Phi) is 4.80. The second-order valence-corrected chi connectivity index (χ2v) is 5.57. The zero-order valence-electron chi connectivity index (χ0n) is 10.5. The molecule has 5 heteroatoms. The number of carbonyl (C=O) groups is 1. The lowest BCUT2D eigenvalue weighted by Crippen LogP contribution is -2.45. The molecule has 3 nitrogen and oxygen atoms in total. The van der Waals surface area contributed by atoms with E-state index in [1.54, 1.807) is 11.3 Å². The van der Waals surface area contributed by atoms with Gasteiger partial charge in [-0.3, -0.25) is 4.79 Å². The number of hydrogen-bond acceptors (Lipinski definition) is 3. The third-order valence-electron chi connectivity index (χ3n) is 3.36. The van der Waals surface area contributed by atoms with E-state index in [2.05, 4.69) is 16.7 Å². The molecule has 1 fully saturated rings. The minimum atomic E-state index is 0. The zero-order valence-corrected chi connectivity index (χ0v) is 12.2. The van der Waals surface area contributed by atoms with Gasteiger partial charge < -0.3 is 10.6 Å². The minimum absolute atomic E-state index is 0. The number of rotatable bonds is 2. The highest BCUT2D eigenvalue weighted by Crippen LogP contribution is 2.25. The fraction of sp³-hybridized carbons (Fsp3) is 0.357. The van der Waals surface area contributed by atoms with Crippen LogP contribution in [0.25, 0.3) is 10.1 Å². The topological polar surface area (TPSA) is 41.1 Å². The van der Waals surface area contributed by atoms with Crippen LogP contribution in [-0.2, 0) is 0 Å². The number of hydrogen-bond donors (Lipinski definition) is 2. The first-order chi connectivity index (χ1) is 8.84. The van der Waals surface area contributed by atoms with Gasteiger partial charge in [0.2, 0.25) is 0 Å². The number of carbonyl (C=O) groups excluding carboxylic acids is 1. The maximum atomic E-state index is 12.3. The van der Waals surface area contributed by atoms with Gasteiger partial charge in [0.15, 0.2) is 0 Å². The molecule has 1 amide bonds. The molecule has 3 rings (SSSR count). The predicted octanol–water partition coefficient (Wildman–Crippen LogP) is 2.80. The van der Waals surface area contributed by atoms with Crippen molar-refractivity contribution in [3.05, 3.63) is 35.2 Å². The van der Waals surface area contributed by atoms with Crippen molar-refractivity contribution in [3.63, 3.8) is 0 Å². The Morgan fingerprint density at radius 3 is 3.00 bits per heavy atom. The van der Waals surface area contributed by atoms with E-state index in [4.69, 9.17) is 0 Å². The molecule has 102 valence electrons. The Balaban J connectivity index is 0.00000133. The maximum Gasteiger partial charge on any atom is 0.253 e. The van der Waals surface area contributed by atoms with Crippen LogP contribution in [0.15, 0.2) is 29.6 Å². The van der Waals surface area contributed by atoms with Crippen LogP contribution < -0.4 is 10.6 Å². The number of amides is 1. The van der Waals surface area contributed by atoms with Crippen LogP contribution in [0, 0.1) is 0 Å². The van der Waals surface area contributed by atoms with Gasteiger partial charge in [-0.25, -0.2) is 0 Å². The average molecular weight is 297 g/mol. The molecule has 2 aromatic rings. The van der Waals surface area contributed by atoms with Crippen LogP contribution in [0.4, 0.5) is 0 Å². The first kappa shape index (κ1) is 14.3. The molecule has 1 aliphatic rings. The van der Waals surface area contributed by atoms with Gasteiger partial charge in [0.05, 0.1) is 5.56 Å². The second-order valence-electron chi connectivity index (χ2n) is 4.66. The summed E-state index contributed by atoms with van der Waals surface area (Å²) in [5, 5.41) is 9.44. The number of halogens is 1. The summed E-state index contributed by atoms with van der Waals surface area (Å²) in [5.41, 5.74) is 0.807. The molecule has 1 unspecified atom stereocenters. The van der Waals surface area contributed by atoms with E-state index in [-0.39, 0.29) is 24.4 Å². The quantitative estimate of drug-likeness (QED) is 0.895. The molecule has 0 aliphatic carbocycles. The van der Waals surface area contributed by atoms with Gasteiger partial charge in [-0.15, -0.1) is 23.7 Å². The Morgan fingerprint density at radius 1 is 1.37 bits per heavy atom. The first-order valence-corrected chi connectivity index (χ1v) is 7.20. The highest BCUT2D eigenvalue weighted by molar-refractivity contribution is 7.17. The van der Waals surface area contributed by atoms with E-state index in [0.29, 0.717) is 0 Å². The van der Waals surface area contributed by atoms with Crippen LogP contribution in [0.2, 0.25) is 0 Å². The van der Waals surface area contributed by atoms with Gasteiger partial charge in [-0.1, -0.05) is 18.2 Å². The van der Waals surface area contributed by atoms with E-state index >= 15 is 0 Å². The summed E-state index contributed by atoms with van der Waals surface area (Å²) in [6.45, 7) is 1.95. The Morgan fingerprint density at radius 2 is 2.21 bits per heavy atom. The summed E-state index contributed by atoms with van der Waals surface area (Å²) < 4.78 is 1.17. The van der Waals surface area contributed by atoms with Crippen molar-refractivity contribution in [3.8, 4) is 0 Å². The lowest BCUT2D eigenvalue weighted by Gasteiger charge is -2.23. The molecule has 1 atom stereocenters. The molecule has 0 saturated carbocycles. The minimum Gasteiger partial charge on any atom is -0.348 e. The molecule has 2 N–H and O–H groups in total. The third kappa shape index (κ3) is 3.08. The van der Waals surface area contributed by atoms with Crippen molar-refractivity contribution < 1.29 is 4.79 Å². The molecule has 1 aromatic carbocycles. The molecule has 0 spiro atoms. The van der Waals surface area contributed by atoms with Gasteiger partial charge >= 0.3 is 0 Å². The molecule has 1 saturated heterocycles. The molecule has 1 aliphatic heterocycles. The van der Waals surface area contributed by atoms with E-state index in [9.17, 15) is 4.79 Å². The number of fused-ring (bicyclic) bond motifs is 1. The summed E-state index contributed by atoms with van der Waals surface area (Å²) in [7, 11) is 0. The van der Waals surface area contributed by atoms with E-state index < -0.39 is 0 Å². The smallest absolute Gasteiger partial charge is 0.253 e. The fourth-order valence-electron chi connectivity index (χ4n) is 2.39. The molecule has 0 bridgehead atoms. The number of thiophene rings is 1. The zero-order chi connectivity index (χ0) is 12.4.